The zero-order chi connectivity index (χ0) is 52.5. The first kappa shape index (κ1) is 54.3. The van der Waals surface area contributed by atoms with Gasteiger partial charge in [0.05, 0.1) is 57.8 Å². The minimum Gasteiger partial charge on any atom is -0.460 e. The van der Waals surface area contributed by atoms with Gasteiger partial charge in [-0.2, -0.15) is 12.9 Å². The molecule has 0 aromatic heterocycles. The van der Waals surface area contributed by atoms with Crippen LogP contribution in [0.2, 0.25) is 0 Å². The molecule has 72 heavy (non-hydrogen) atoms. The molecule has 6 rings (SSSR count). The highest BCUT2D eigenvalue weighted by atomic mass is 32.2. The smallest absolute Gasteiger partial charge is 0.338 e. The van der Waals surface area contributed by atoms with E-state index in [0.29, 0.717) is 5.57 Å². The summed E-state index contributed by atoms with van der Waals surface area (Å²) in [7, 11) is -13.5. The Labute approximate surface area is 411 Å². The van der Waals surface area contributed by atoms with Gasteiger partial charge in [-0.25, -0.2) is 39.6 Å². The fourth-order valence-corrected chi connectivity index (χ4v) is 11.4. The van der Waals surface area contributed by atoms with E-state index >= 15 is 0 Å². The summed E-state index contributed by atoms with van der Waals surface area (Å²) < 4.78 is 111. The maximum atomic E-state index is 12.9. The van der Waals surface area contributed by atoms with Crippen molar-refractivity contribution in [3.05, 3.63) is 102 Å². The zero-order valence-electron chi connectivity index (χ0n) is 38.1. The van der Waals surface area contributed by atoms with Gasteiger partial charge in [-0.05, 0) is 85.3 Å². The number of rotatable bonds is 24. The predicted molar refractivity (Wildman–Crippen MR) is 240 cm³/mol. The Hall–Kier alpha value is -7.04. The van der Waals surface area contributed by atoms with Crippen LogP contribution >= 0.6 is 0 Å². The maximum absolute atomic E-state index is 12.9. The number of carbonyl (C=O) groups excluding carboxylic acids is 9. The van der Waals surface area contributed by atoms with Gasteiger partial charge in [0.1, 0.15) is 32.0 Å². The van der Waals surface area contributed by atoms with E-state index in [9.17, 15) is 68.4 Å². The number of sulfonamides is 3. The fraction of sp³-hybridized carbons (Fsp3) is 0.356. The van der Waals surface area contributed by atoms with Crippen LogP contribution in [-0.4, -0.2) is 150 Å². The van der Waals surface area contributed by atoms with E-state index in [1.165, 1.54) is 0 Å². The van der Waals surface area contributed by atoms with Gasteiger partial charge in [0.2, 0.25) is 35.4 Å². The summed E-state index contributed by atoms with van der Waals surface area (Å²) in [4.78, 5) is 109. The standard InChI is InChI=1S/C45H45N3O21S3/c1-28(2)42(66-24-26-69-45(57)31-7-13-34(14-8-31)72(62,63)48-40(53)19-20-41(48)54)35(65-23-25-68-44(56)30-5-11-33(12-6-30)71(60,61)47-38(51)17-18-39(47)52)27-64-21-22-67-43(55)29-3-9-32(10-4-29)70(58,59)46-36(49)15-16-37(46)50/h3-14,35,42H,1,15-27H2,2H3. The van der Waals surface area contributed by atoms with Crippen molar-refractivity contribution in [2.45, 2.75) is 72.3 Å². The zero-order valence-corrected chi connectivity index (χ0v) is 40.6. The Morgan fingerprint density at radius 3 is 1.03 bits per heavy atom. The van der Waals surface area contributed by atoms with Crippen LogP contribution in [-0.2, 0) is 87.3 Å². The number of nitrogens with zero attached hydrogens (tertiary/aromatic N) is 3. The molecule has 0 N–H and O–H groups in total. The largest absolute Gasteiger partial charge is 0.460 e. The molecule has 0 saturated carbocycles. The molecule has 3 aliphatic heterocycles. The first-order valence-electron chi connectivity index (χ1n) is 21.7. The Morgan fingerprint density at radius 2 is 0.736 bits per heavy atom. The molecule has 384 valence electrons. The Bertz CT molecular complexity index is 2960. The van der Waals surface area contributed by atoms with Crippen molar-refractivity contribution in [3.8, 4) is 0 Å². The molecule has 3 aliphatic rings. The first-order chi connectivity index (χ1) is 34.0. The molecule has 0 bridgehead atoms. The lowest BCUT2D eigenvalue weighted by Crippen LogP contribution is -2.38. The van der Waals surface area contributed by atoms with Crippen LogP contribution in [0.25, 0.3) is 0 Å². The van der Waals surface area contributed by atoms with Crippen LogP contribution in [0.3, 0.4) is 0 Å². The maximum Gasteiger partial charge on any atom is 0.338 e. The molecule has 2 atom stereocenters. The minimum atomic E-state index is -4.49. The van der Waals surface area contributed by atoms with E-state index in [1.807, 2.05) is 0 Å². The highest BCUT2D eigenvalue weighted by Gasteiger charge is 2.42. The number of benzene rings is 3. The summed E-state index contributed by atoms with van der Waals surface area (Å²) >= 11 is 0. The molecule has 3 heterocycles. The number of amides is 6. The van der Waals surface area contributed by atoms with Crippen molar-refractivity contribution >= 4 is 83.4 Å². The third-order valence-corrected chi connectivity index (χ3v) is 16.0. The molecule has 0 aliphatic carbocycles. The second kappa shape index (κ2) is 23.0. The van der Waals surface area contributed by atoms with Crippen molar-refractivity contribution in [3.63, 3.8) is 0 Å². The average molecular weight is 1060 g/mol. The van der Waals surface area contributed by atoms with Gasteiger partial charge in [0.25, 0.3) is 30.1 Å². The molecular formula is C45H45N3O21S3. The van der Waals surface area contributed by atoms with E-state index < -0.39 is 110 Å². The second-order valence-electron chi connectivity index (χ2n) is 15.8. The Kier molecular flexibility index (Phi) is 17.4. The molecule has 2 unspecified atom stereocenters. The number of imide groups is 3. The SMILES string of the molecule is C=C(C)C(OCCOC(=O)c1ccc(S(=O)(=O)N2C(=O)CCC2=O)cc1)C(COCCOC(=O)c1ccc(S(=O)(=O)N2C(=O)CCC2=O)cc1)OCCOC(=O)c1ccc(S(=O)(=O)N2C(=O)CCC2=O)cc1. The van der Waals surface area contributed by atoms with Gasteiger partial charge in [0.15, 0.2) is 0 Å². The number of carbonyl (C=O) groups is 9. The molecule has 27 heteroatoms. The molecule has 3 fully saturated rings. The summed E-state index contributed by atoms with van der Waals surface area (Å²) in [5.74, 6) is -7.83. The number of hydrogen-bond acceptors (Lipinski definition) is 21. The summed E-state index contributed by atoms with van der Waals surface area (Å²) in [6, 6.07) is 13.1. The molecule has 3 saturated heterocycles. The third kappa shape index (κ3) is 12.3. The quantitative estimate of drug-likeness (QED) is 0.0403. The van der Waals surface area contributed by atoms with Gasteiger partial charge in [-0.15, -0.1) is 0 Å². The highest BCUT2D eigenvalue weighted by Crippen LogP contribution is 2.26. The molecule has 0 spiro atoms. The first-order valence-corrected chi connectivity index (χ1v) is 26.0. The van der Waals surface area contributed by atoms with E-state index in [0.717, 1.165) is 72.8 Å². The van der Waals surface area contributed by atoms with Gasteiger partial charge in [-0.1, -0.05) is 6.58 Å². The topological polar surface area (TPSA) is 321 Å². The average Bonchev–Trinajstić information content (AvgIpc) is 4.01. The van der Waals surface area contributed by atoms with E-state index in [4.69, 9.17) is 28.4 Å². The van der Waals surface area contributed by atoms with Crippen LogP contribution in [0.4, 0.5) is 0 Å². The van der Waals surface area contributed by atoms with Crippen molar-refractivity contribution < 1.29 is 96.8 Å². The third-order valence-electron chi connectivity index (χ3n) is 10.7. The van der Waals surface area contributed by atoms with Gasteiger partial charge in [0, 0.05) is 38.5 Å². The van der Waals surface area contributed by atoms with Gasteiger partial charge in [-0.3, -0.25) is 28.8 Å². The summed E-state index contributed by atoms with van der Waals surface area (Å²) in [5.41, 5.74) is 0.186. The molecule has 3 aromatic carbocycles. The molecule has 24 nitrogen and oxygen atoms in total. The fourth-order valence-electron chi connectivity index (χ4n) is 7.15. The van der Waals surface area contributed by atoms with Crippen molar-refractivity contribution in [1.29, 1.82) is 0 Å². The number of ether oxygens (including phenoxy) is 6. The van der Waals surface area contributed by atoms with Crippen molar-refractivity contribution in [2.75, 3.05) is 46.2 Å². The van der Waals surface area contributed by atoms with Crippen molar-refractivity contribution in [2.24, 2.45) is 0 Å². The second-order valence-corrected chi connectivity index (χ2v) is 21.1. The van der Waals surface area contributed by atoms with Crippen molar-refractivity contribution in [1.82, 2.24) is 12.9 Å². The Balaban J connectivity index is 1.03. The lowest BCUT2D eigenvalue weighted by Gasteiger charge is -2.28. The normalized spacial score (nSPS) is 16.3. The molecule has 0 radical (unpaired) electrons. The predicted octanol–water partition coefficient (Wildman–Crippen LogP) is 1.43. The summed E-state index contributed by atoms with van der Waals surface area (Å²) in [6.07, 6.45) is -3.47. The van der Waals surface area contributed by atoms with E-state index in [2.05, 4.69) is 6.58 Å². The van der Waals surface area contributed by atoms with Crippen LogP contribution in [0, 0.1) is 0 Å². The van der Waals surface area contributed by atoms with Crippen LogP contribution in [0.15, 0.2) is 99.6 Å². The lowest BCUT2D eigenvalue weighted by atomic mass is 10.1. The molecule has 3 aromatic rings. The monoisotopic (exact) mass is 1060 g/mol. The summed E-state index contributed by atoms with van der Waals surface area (Å²) in [6.45, 7) is 3.50. The van der Waals surface area contributed by atoms with Gasteiger partial charge >= 0.3 is 17.9 Å². The Morgan fingerprint density at radius 1 is 0.458 bits per heavy atom. The lowest BCUT2D eigenvalue weighted by molar-refractivity contribution is -0.134. The van der Waals surface area contributed by atoms with E-state index in [1.54, 1.807) is 6.92 Å². The minimum absolute atomic E-state index is 0.0610. The van der Waals surface area contributed by atoms with Gasteiger partial charge < -0.3 is 28.4 Å². The summed E-state index contributed by atoms with van der Waals surface area (Å²) in [5, 5.41) is 0. The molecule has 6 amide bonds. The number of esters is 3. The van der Waals surface area contributed by atoms with E-state index in [-0.39, 0.29) is 114 Å². The highest BCUT2D eigenvalue weighted by molar-refractivity contribution is 7.91. The molecular weight excluding hydrogens is 1010 g/mol. The van der Waals surface area contributed by atoms with Crippen LogP contribution < -0.4 is 0 Å². The van der Waals surface area contributed by atoms with Crippen LogP contribution in [0.5, 0.6) is 0 Å². The van der Waals surface area contributed by atoms with Crippen LogP contribution in [0.1, 0.15) is 76.5 Å². The number of hydrogen-bond donors (Lipinski definition) is 0.